The largest absolute Gasteiger partial charge is 0.381 e. The number of hydrogen-bond acceptors (Lipinski definition) is 4. The van der Waals surface area contributed by atoms with Crippen LogP contribution >= 0.6 is 0 Å². The highest BCUT2D eigenvalue weighted by atomic mass is 16.5. The number of likely N-dealkylation sites (N-methyl/N-ethyl adjacent to an activating group) is 1. The van der Waals surface area contributed by atoms with E-state index < -0.39 is 0 Å². The number of carbonyl (C=O) groups excluding carboxylic acids is 2. The molecule has 140 valence electrons. The average Bonchev–Trinajstić information content (AvgIpc) is 2.67. The molecule has 1 aromatic carbocycles. The molecule has 1 atom stereocenters. The van der Waals surface area contributed by atoms with E-state index in [0.717, 1.165) is 44.6 Å². The van der Waals surface area contributed by atoms with Crippen molar-refractivity contribution in [1.29, 1.82) is 0 Å². The molecule has 6 heteroatoms. The fraction of sp³-hybridized carbons (Fsp3) is 0.500. The number of nitrogens with zero attached hydrogens (tertiary/aromatic N) is 1. The van der Waals surface area contributed by atoms with Gasteiger partial charge in [-0.1, -0.05) is 6.58 Å². The highest BCUT2D eigenvalue weighted by molar-refractivity contribution is 6.01. The SMILES string of the molecule is C=CC(=O)N(C)c1ccc(C(=O)NC2CCOC3(CCOCC3)C2)cc1. The number of rotatable bonds is 4. The van der Waals surface area contributed by atoms with Crippen LogP contribution in [-0.2, 0) is 14.3 Å². The molecule has 2 aliphatic heterocycles. The van der Waals surface area contributed by atoms with E-state index in [4.69, 9.17) is 9.47 Å². The zero-order chi connectivity index (χ0) is 18.6. The molecule has 1 unspecified atom stereocenters. The smallest absolute Gasteiger partial charge is 0.251 e. The van der Waals surface area contributed by atoms with Crippen LogP contribution in [0.1, 0.15) is 36.0 Å². The van der Waals surface area contributed by atoms with Crippen molar-refractivity contribution in [3.05, 3.63) is 42.5 Å². The topological polar surface area (TPSA) is 67.9 Å². The maximum Gasteiger partial charge on any atom is 0.251 e. The Hall–Kier alpha value is -2.18. The van der Waals surface area contributed by atoms with Gasteiger partial charge in [0.05, 0.1) is 5.60 Å². The molecule has 1 spiro atoms. The second-order valence-electron chi connectivity index (χ2n) is 6.96. The standard InChI is InChI=1S/C20H26N2O4/c1-3-18(23)22(2)17-6-4-15(5-7-17)19(24)21-16-8-11-26-20(14-16)9-12-25-13-10-20/h3-7,16H,1,8-14H2,2H3,(H,21,24). The summed E-state index contributed by atoms with van der Waals surface area (Å²) in [6.07, 6.45) is 4.69. The minimum absolute atomic E-state index is 0.0941. The van der Waals surface area contributed by atoms with Gasteiger partial charge >= 0.3 is 0 Å². The molecule has 0 aromatic heterocycles. The molecule has 0 bridgehead atoms. The Morgan fingerprint density at radius 3 is 2.58 bits per heavy atom. The summed E-state index contributed by atoms with van der Waals surface area (Å²) in [5.41, 5.74) is 1.16. The highest BCUT2D eigenvalue weighted by Crippen LogP contribution is 2.34. The summed E-state index contributed by atoms with van der Waals surface area (Å²) in [7, 11) is 1.68. The maximum absolute atomic E-state index is 12.6. The van der Waals surface area contributed by atoms with Gasteiger partial charge in [0.25, 0.3) is 5.91 Å². The predicted molar refractivity (Wildman–Crippen MR) is 99.3 cm³/mol. The van der Waals surface area contributed by atoms with Crippen molar-refractivity contribution in [1.82, 2.24) is 5.32 Å². The van der Waals surface area contributed by atoms with Crippen LogP contribution in [-0.4, -0.2) is 50.3 Å². The Balaban J connectivity index is 1.61. The third-order valence-corrected chi connectivity index (χ3v) is 5.25. The number of nitrogens with one attached hydrogen (secondary N) is 1. The summed E-state index contributed by atoms with van der Waals surface area (Å²) < 4.78 is 11.5. The fourth-order valence-corrected chi connectivity index (χ4v) is 3.61. The first-order chi connectivity index (χ1) is 12.5. The van der Waals surface area contributed by atoms with E-state index in [9.17, 15) is 9.59 Å². The van der Waals surface area contributed by atoms with Crippen LogP contribution in [0.3, 0.4) is 0 Å². The molecule has 0 aliphatic carbocycles. The Morgan fingerprint density at radius 2 is 1.92 bits per heavy atom. The number of anilines is 1. The summed E-state index contributed by atoms with van der Waals surface area (Å²) in [5, 5.41) is 3.13. The number of hydrogen-bond donors (Lipinski definition) is 1. The molecule has 26 heavy (non-hydrogen) atoms. The minimum Gasteiger partial charge on any atom is -0.381 e. The monoisotopic (exact) mass is 358 g/mol. The Kier molecular flexibility index (Phi) is 5.74. The summed E-state index contributed by atoms with van der Waals surface area (Å²) >= 11 is 0. The third kappa shape index (κ3) is 4.14. The molecule has 1 aromatic rings. The molecular formula is C20H26N2O4. The van der Waals surface area contributed by atoms with Gasteiger partial charge in [-0.2, -0.15) is 0 Å². The summed E-state index contributed by atoms with van der Waals surface area (Å²) in [6.45, 7) is 5.59. The predicted octanol–water partition coefficient (Wildman–Crippen LogP) is 2.29. The first-order valence-electron chi connectivity index (χ1n) is 9.06. The number of carbonyl (C=O) groups is 2. The molecule has 1 N–H and O–H groups in total. The van der Waals surface area contributed by atoms with E-state index in [1.807, 2.05) is 0 Å². The van der Waals surface area contributed by atoms with E-state index in [0.29, 0.717) is 12.2 Å². The quantitative estimate of drug-likeness (QED) is 0.839. The molecule has 2 fully saturated rings. The van der Waals surface area contributed by atoms with Gasteiger partial charge in [0, 0.05) is 44.2 Å². The van der Waals surface area contributed by atoms with Crippen LogP contribution in [0, 0.1) is 0 Å². The molecule has 6 nitrogen and oxygen atoms in total. The van der Waals surface area contributed by atoms with Crippen molar-refractivity contribution in [3.63, 3.8) is 0 Å². The average molecular weight is 358 g/mol. The van der Waals surface area contributed by atoms with Crippen molar-refractivity contribution in [2.24, 2.45) is 0 Å². The summed E-state index contributed by atoms with van der Waals surface area (Å²) in [5.74, 6) is -0.283. The van der Waals surface area contributed by atoms with Crippen LogP contribution < -0.4 is 10.2 Å². The molecule has 0 saturated carbocycles. The van der Waals surface area contributed by atoms with Crippen molar-refractivity contribution in [2.45, 2.75) is 37.3 Å². The van der Waals surface area contributed by atoms with Crippen LogP contribution in [0.25, 0.3) is 0 Å². The Bertz CT molecular complexity index is 659. The van der Waals surface area contributed by atoms with E-state index >= 15 is 0 Å². The van der Waals surface area contributed by atoms with Gasteiger partial charge in [0.1, 0.15) is 0 Å². The first kappa shape index (κ1) is 18.6. The van der Waals surface area contributed by atoms with E-state index in [2.05, 4.69) is 11.9 Å². The molecule has 3 rings (SSSR count). The zero-order valence-electron chi connectivity index (χ0n) is 15.2. The van der Waals surface area contributed by atoms with Gasteiger partial charge in [0.15, 0.2) is 0 Å². The van der Waals surface area contributed by atoms with Gasteiger partial charge in [-0.15, -0.1) is 0 Å². The Morgan fingerprint density at radius 1 is 1.23 bits per heavy atom. The van der Waals surface area contributed by atoms with Gasteiger partial charge < -0.3 is 19.7 Å². The molecule has 0 radical (unpaired) electrons. The molecule has 2 saturated heterocycles. The molecule has 2 heterocycles. The first-order valence-corrected chi connectivity index (χ1v) is 9.06. The van der Waals surface area contributed by atoms with Crippen LogP contribution in [0.5, 0.6) is 0 Å². The highest BCUT2D eigenvalue weighted by Gasteiger charge is 2.39. The minimum atomic E-state index is -0.189. The lowest BCUT2D eigenvalue weighted by Crippen LogP contribution is -2.51. The lowest BCUT2D eigenvalue weighted by Gasteiger charge is -2.43. The van der Waals surface area contributed by atoms with E-state index in [-0.39, 0.29) is 23.5 Å². The van der Waals surface area contributed by atoms with E-state index in [1.54, 1.807) is 31.3 Å². The van der Waals surface area contributed by atoms with Gasteiger partial charge in [0.2, 0.25) is 5.91 Å². The number of benzene rings is 1. The van der Waals surface area contributed by atoms with Crippen molar-refractivity contribution in [2.75, 3.05) is 31.8 Å². The summed E-state index contributed by atoms with van der Waals surface area (Å²) in [4.78, 5) is 25.7. The Labute approximate surface area is 154 Å². The van der Waals surface area contributed by atoms with Crippen molar-refractivity contribution >= 4 is 17.5 Å². The van der Waals surface area contributed by atoms with Crippen LogP contribution in [0.15, 0.2) is 36.9 Å². The zero-order valence-corrected chi connectivity index (χ0v) is 15.2. The number of ether oxygens (including phenoxy) is 2. The molecule has 2 amide bonds. The molecular weight excluding hydrogens is 332 g/mol. The third-order valence-electron chi connectivity index (χ3n) is 5.25. The second kappa shape index (κ2) is 8.01. The lowest BCUT2D eigenvalue weighted by molar-refractivity contribution is -0.139. The van der Waals surface area contributed by atoms with E-state index in [1.165, 1.54) is 11.0 Å². The lowest BCUT2D eigenvalue weighted by atomic mass is 9.84. The van der Waals surface area contributed by atoms with Crippen molar-refractivity contribution < 1.29 is 19.1 Å². The fourth-order valence-electron chi connectivity index (χ4n) is 3.61. The molecule has 2 aliphatic rings. The van der Waals surface area contributed by atoms with Crippen molar-refractivity contribution in [3.8, 4) is 0 Å². The van der Waals surface area contributed by atoms with Crippen LogP contribution in [0.4, 0.5) is 5.69 Å². The number of amides is 2. The second-order valence-corrected chi connectivity index (χ2v) is 6.96. The van der Waals surface area contributed by atoms with Gasteiger partial charge in [-0.05, 0) is 56.0 Å². The summed E-state index contributed by atoms with van der Waals surface area (Å²) in [6, 6.07) is 7.11. The van der Waals surface area contributed by atoms with Crippen LogP contribution in [0.2, 0.25) is 0 Å². The van der Waals surface area contributed by atoms with Gasteiger partial charge in [-0.3, -0.25) is 9.59 Å². The normalized spacial score (nSPS) is 21.8. The van der Waals surface area contributed by atoms with Gasteiger partial charge in [-0.25, -0.2) is 0 Å². The maximum atomic E-state index is 12.6.